The van der Waals surface area contributed by atoms with Crippen molar-refractivity contribution in [2.24, 2.45) is 11.8 Å². The van der Waals surface area contributed by atoms with Gasteiger partial charge in [0.1, 0.15) is 0 Å². The van der Waals surface area contributed by atoms with Gasteiger partial charge in [-0.1, -0.05) is 51.4 Å². The fraction of sp³-hybridized carbons (Fsp3) is 0.913. The summed E-state index contributed by atoms with van der Waals surface area (Å²) in [5, 5.41) is 18.4. The zero-order valence-corrected chi connectivity index (χ0v) is 36.2. The lowest BCUT2D eigenvalue weighted by Gasteiger charge is -2.44. The minimum absolute atomic E-state index is 0.0185. The Hall–Kier alpha value is -2.64. The second kappa shape index (κ2) is 20.5. The van der Waals surface area contributed by atoms with Crippen molar-refractivity contribution in [3.8, 4) is 0 Å². The van der Waals surface area contributed by atoms with Crippen LogP contribution in [0.1, 0.15) is 154 Å². The molecule has 10 rings (SSSR count). The smallest absolute Gasteiger partial charge is 0.318 e. The van der Waals surface area contributed by atoms with Gasteiger partial charge in [-0.2, -0.15) is 0 Å². The normalized spacial score (nSPS) is 32.4. The largest absolute Gasteiger partial charge is 0.481 e. The molecule has 4 atom stereocenters. The van der Waals surface area contributed by atoms with Gasteiger partial charge in [0, 0.05) is 69.4 Å². The summed E-state index contributed by atoms with van der Waals surface area (Å²) in [6.45, 7) is 8.79. The highest BCUT2D eigenvalue weighted by Crippen LogP contribution is 2.35. The highest BCUT2D eigenvalue weighted by atomic mass is 16.4. The van der Waals surface area contributed by atoms with Crippen LogP contribution < -0.4 is 16.0 Å². The van der Waals surface area contributed by atoms with Crippen LogP contribution in [0, 0.1) is 11.8 Å². The van der Waals surface area contributed by atoms with Crippen LogP contribution in [0.15, 0.2) is 0 Å². The third kappa shape index (κ3) is 10.4. The second-order valence-corrected chi connectivity index (χ2v) is 20.0. The van der Waals surface area contributed by atoms with Crippen LogP contribution in [-0.4, -0.2) is 154 Å². The highest BCUT2D eigenvalue weighted by Gasteiger charge is 2.46. The van der Waals surface area contributed by atoms with Gasteiger partial charge in [0.2, 0.25) is 5.91 Å². The zero-order chi connectivity index (χ0) is 40.7. The van der Waals surface area contributed by atoms with E-state index < -0.39 is 5.97 Å². The molecule has 0 bridgehead atoms. The van der Waals surface area contributed by atoms with E-state index >= 15 is 0 Å². The number of carbonyl (C=O) groups is 4. The number of nitrogens with zero attached hydrogens (tertiary/aromatic N) is 5. The number of carboxylic acid groups (broad SMARTS) is 1. The average molecular weight is 823 g/mol. The SMILES string of the molecule is O=C(C1CCCC1)N1CCC(N2CCC(N3C(=O)N[C@@H]4CCCC[C@@H]43)CC2)CC1.O=C(O)C1CCCC1.O=C1N[C@@H]2CCCC[C@@H]2N1C1CCN(C2CCNCC2)CC1. The molecule has 13 nitrogen and oxygen atoms in total. The van der Waals surface area contributed by atoms with Gasteiger partial charge in [0.25, 0.3) is 0 Å². The summed E-state index contributed by atoms with van der Waals surface area (Å²) in [4.78, 5) is 59.9. The Morgan fingerprint density at radius 3 is 1.29 bits per heavy atom. The lowest BCUT2D eigenvalue weighted by Crippen LogP contribution is -2.54. The first-order chi connectivity index (χ1) is 28.8. The maximum Gasteiger partial charge on any atom is 0.318 e. The molecule has 0 radical (unpaired) electrons. The van der Waals surface area contributed by atoms with Crippen LogP contribution >= 0.6 is 0 Å². The summed E-state index contributed by atoms with van der Waals surface area (Å²) in [7, 11) is 0. The number of hydrogen-bond donors (Lipinski definition) is 4. The van der Waals surface area contributed by atoms with E-state index in [0.717, 1.165) is 103 Å². The molecule has 6 aliphatic heterocycles. The van der Waals surface area contributed by atoms with E-state index in [0.29, 0.717) is 54.1 Å². The van der Waals surface area contributed by atoms with Gasteiger partial charge >= 0.3 is 18.0 Å². The molecule has 0 aromatic carbocycles. The number of fused-ring (bicyclic) bond motifs is 2. The number of amides is 5. The predicted molar refractivity (Wildman–Crippen MR) is 229 cm³/mol. The van der Waals surface area contributed by atoms with Crippen LogP contribution in [0.5, 0.6) is 0 Å². The number of carboxylic acids is 1. The molecule has 0 spiro atoms. The Balaban J connectivity index is 0.000000142. The van der Waals surface area contributed by atoms with E-state index in [2.05, 4.69) is 40.4 Å². The minimum atomic E-state index is -0.609. The van der Waals surface area contributed by atoms with Crippen LogP contribution in [0.3, 0.4) is 0 Å². The van der Waals surface area contributed by atoms with Crippen molar-refractivity contribution in [3.63, 3.8) is 0 Å². The number of carbonyl (C=O) groups excluding carboxylic acids is 3. The van der Waals surface area contributed by atoms with Crippen LogP contribution in [0.4, 0.5) is 9.59 Å². The first kappa shape index (κ1) is 43.0. The molecule has 0 unspecified atom stereocenters. The zero-order valence-electron chi connectivity index (χ0n) is 36.2. The first-order valence-electron chi connectivity index (χ1n) is 24.7. The van der Waals surface area contributed by atoms with Gasteiger partial charge in [-0.3, -0.25) is 9.59 Å². The third-order valence-electron chi connectivity index (χ3n) is 16.6. The molecule has 59 heavy (non-hydrogen) atoms. The van der Waals surface area contributed by atoms with Crippen molar-refractivity contribution >= 4 is 23.9 Å². The number of rotatable bonds is 6. The molecule has 13 heteroatoms. The van der Waals surface area contributed by atoms with E-state index in [1.165, 1.54) is 110 Å². The Morgan fingerprint density at radius 1 is 0.458 bits per heavy atom. The van der Waals surface area contributed by atoms with Gasteiger partial charge in [-0.25, -0.2) is 9.59 Å². The summed E-state index contributed by atoms with van der Waals surface area (Å²) in [6.07, 6.45) is 27.9. The van der Waals surface area contributed by atoms with E-state index in [9.17, 15) is 19.2 Å². The summed E-state index contributed by atoms with van der Waals surface area (Å²) >= 11 is 0. The number of urea groups is 2. The Bertz CT molecular complexity index is 1390. The number of aliphatic carboxylic acids is 1. The molecule has 332 valence electrons. The minimum Gasteiger partial charge on any atom is -0.481 e. The molecule has 4 saturated carbocycles. The monoisotopic (exact) mass is 823 g/mol. The van der Waals surface area contributed by atoms with Crippen LogP contribution in [0.25, 0.3) is 0 Å². The Morgan fingerprint density at radius 2 is 0.847 bits per heavy atom. The van der Waals surface area contributed by atoms with Crippen molar-refractivity contribution in [3.05, 3.63) is 0 Å². The Kier molecular flexibility index (Phi) is 14.9. The first-order valence-corrected chi connectivity index (χ1v) is 24.7. The predicted octanol–water partition coefficient (Wildman–Crippen LogP) is 5.77. The van der Waals surface area contributed by atoms with Crippen molar-refractivity contribution in [2.45, 2.75) is 202 Å². The average Bonchev–Trinajstić information content (AvgIpc) is 4.12. The molecule has 6 saturated heterocycles. The maximum absolute atomic E-state index is 12.7. The van der Waals surface area contributed by atoms with Gasteiger partial charge in [-0.15, -0.1) is 0 Å². The maximum atomic E-state index is 12.7. The fourth-order valence-corrected chi connectivity index (χ4v) is 13.2. The van der Waals surface area contributed by atoms with Gasteiger partial charge in [-0.05, 0) is 116 Å². The van der Waals surface area contributed by atoms with Crippen molar-refractivity contribution in [1.29, 1.82) is 0 Å². The molecule has 6 heterocycles. The van der Waals surface area contributed by atoms with E-state index in [1.807, 2.05) is 0 Å². The summed E-state index contributed by atoms with van der Waals surface area (Å²) in [5.41, 5.74) is 0. The van der Waals surface area contributed by atoms with E-state index in [4.69, 9.17) is 5.11 Å². The van der Waals surface area contributed by atoms with Gasteiger partial charge < -0.3 is 45.6 Å². The quantitative estimate of drug-likeness (QED) is 0.265. The molecule has 4 aliphatic carbocycles. The van der Waals surface area contributed by atoms with Gasteiger partial charge in [0.15, 0.2) is 0 Å². The second-order valence-electron chi connectivity index (χ2n) is 20.0. The molecule has 10 aliphatic rings. The summed E-state index contributed by atoms with van der Waals surface area (Å²) < 4.78 is 0. The molecule has 4 N–H and O–H groups in total. The van der Waals surface area contributed by atoms with E-state index in [-0.39, 0.29) is 18.0 Å². The van der Waals surface area contributed by atoms with Crippen molar-refractivity contribution in [1.82, 2.24) is 40.4 Å². The lowest BCUT2D eigenvalue weighted by atomic mass is 9.89. The molecule has 0 aromatic rings. The molecule has 10 fully saturated rings. The summed E-state index contributed by atoms with van der Waals surface area (Å²) in [5.74, 6) is 0.122. The fourth-order valence-electron chi connectivity index (χ4n) is 13.2. The summed E-state index contributed by atoms with van der Waals surface area (Å²) in [6, 6.07) is 4.47. The third-order valence-corrected chi connectivity index (χ3v) is 16.6. The molecule has 0 aromatic heterocycles. The number of piperidine rings is 4. The number of hydrogen-bond acceptors (Lipinski definition) is 7. The van der Waals surface area contributed by atoms with Crippen LogP contribution in [0.2, 0.25) is 0 Å². The standard InChI is InChI=1S/C23H38N4O2.C17H30N4O.C6H10O2/c28-22(17-5-1-2-6-17)26-15-9-18(10-16-26)25-13-11-19(12-14-25)27-21-8-4-3-7-20(21)24-23(27)29;22-17-19-15-3-1-2-4-16(15)21(17)14-7-11-20(12-8-14)13-5-9-18-10-6-13;7-6(8)5-3-1-2-4-5/h17-21H,1-16H2,(H,24,29);13-16,18H,1-12H2,(H,19,22);5H,1-4H2,(H,7,8)/t20-,21+;15-,16+;/m11./s1. The highest BCUT2D eigenvalue weighted by molar-refractivity contribution is 5.79. The van der Waals surface area contributed by atoms with E-state index in [1.54, 1.807) is 0 Å². The topological polar surface area (TPSA) is 141 Å². The van der Waals surface area contributed by atoms with Crippen molar-refractivity contribution in [2.75, 3.05) is 52.4 Å². The van der Waals surface area contributed by atoms with Gasteiger partial charge in [0.05, 0.1) is 30.1 Å². The van der Waals surface area contributed by atoms with Crippen molar-refractivity contribution < 1.29 is 24.3 Å². The lowest BCUT2D eigenvalue weighted by molar-refractivity contribution is -0.141. The molecular formula is C46H78N8O5. The van der Waals surface area contributed by atoms with Crippen LogP contribution in [-0.2, 0) is 9.59 Å². The molecule has 5 amide bonds. The molecular weight excluding hydrogens is 745 g/mol. The Labute approximate surface area is 354 Å². The number of likely N-dealkylation sites (tertiary alicyclic amines) is 3. The number of nitrogens with one attached hydrogen (secondary N) is 3.